The molecule has 32 heavy (non-hydrogen) atoms. The zero-order valence-electron chi connectivity index (χ0n) is 18.4. The van der Waals surface area contributed by atoms with Gasteiger partial charge < -0.3 is 4.90 Å². The second-order valence-electron chi connectivity index (χ2n) is 8.71. The number of hydrogen-bond acceptors (Lipinski definition) is 3. The highest BCUT2D eigenvalue weighted by Crippen LogP contribution is 2.28. The summed E-state index contributed by atoms with van der Waals surface area (Å²) in [4.78, 5) is 20.0. The first-order valence-corrected chi connectivity index (χ1v) is 12.2. The number of carbonyl (C=O) groups excluding carboxylic acids is 1. The second-order valence-corrected chi connectivity index (χ2v) is 9.53. The van der Waals surface area contributed by atoms with E-state index in [1.54, 1.807) is 0 Å². The van der Waals surface area contributed by atoms with Crippen LogP contribution in [0.3, 0.4) is 0 Å². The highest BCUT2D eigenvalue weighted by atomic mass is 35.5. The SMILES string of the molecule is O=C(C1CCCN(Cc2c(Cl)cccc2Cl)C1)N1CCN(C/C=C/c2ccccc2)CC1. The molecule has 2 aromatic carbocycles. The first-order valence-electron chi connectivity index (χ1n) is 11.5. The lowest BCUT2D eigenvalue weighted by Gasteiger charge is -2.39. The van der Waals surface area contributed by atoms with Gasteiger partial charge in [-0.15, -0.1) is 0 Å². The average molecular weight is 472 g/mol. The van der Waals surface area contributed by atoms with Crippen molar-refractivity contribution in [1.29, 1.82) is 0 Å². The molecule has 170 valence electrons. The van der Waals surface area contributed by atoms with Crippen molar-refractivity contribution in [2.45, 2.75) is 19.4 Å². The molecule has 2 aliphatic rings. The Hall–Kier alpha value is -1.85. The molecule has 2 aromatic rings. The Bertz CT molecular complexity index is 906. The van der Waals surface area contributed by atoms with Crippen molar-refractivity contribution in [2.24, 2.45) is 5.92 Å². The van der Waals surface area contributed by atoms with Crippen molar-refractivity contribution in [2.75, 3.05) is 45.8 Å². The maximum atomic E-state index is 13.2. The Balaban J connectivity index is 1.25. The van der Waals surface area contributed by atoms with Crippen LogP contribution in [0.15, 0.2) is 54.6 Å². The third-order valence-electron chi connectivity index (χ3n) is 6.46. The minimum absolute atomic E-state index is 0.0644. The fourth-order valence-electron chi connectivity index (χ4n) is 4.62. The van der Waals surface area contributed by atoms with Gasteiger partial charge in [0.2, 0.25) is 5.91 Å². The quantitative estimate of drug-likeness (QED) is 0.588. The van der Waals surface area contributed by atoms with Crippen LogP contribution >= 0.6 is 23.2 Å². The normalized spacial score (nSPS) is 20.7. The van der Waals surface area contributed by atoms with E-state index >= 15 is 0 Å². The molecule has 0 aliphatic carbocycles. The number of piperidine rings is 1. The fraction of sp³-hybridized carbons (Fsp3) is 0.423. The summed E-state index contributed by atoms with van der Waals surface area (Å²) in [5.41, 5.74) is 2.18. The maximum Gasteiger partial charge on any atom is 0.227 e. The predicted molar refractivity (Wildman–Crippen MR) is 133 cm³/mol. The van der Waals surface area contributed by atoms with Crippen LogP contribution in [0.2, 0.25) is 10.0 Å². The van der Waals surface area contributed by atoms with Crippen LogP contribution in [-0.2, 0) is 11.3 Å². The summed E-state index contributed by atoms with van der Waals surface area (Å²) in [6.07, 6.45) is 6.37. The van der Waals surface area contributed by atoms with E-state index in [1.165, 1.54) is 5.56 Å². The largest absolute Gasteiger partial charge is 0.340 e. The summed E-state index contributed by atoms with van der Waals surface area (Å²) in [5.74, 6) is 0.369. The Morgan fingerprint density at radius 3 is 2.34 bits per heavy atom. The summed E-state index contributed by atoms with van der Waals surface area (Å²) in [7, 11) is 0. The number of benzene rings is 2. The number of halogens is 2. The van der Waals surface area contributed by atoms with Gasteiger partial charge in [0, 0.05) is 61.4 Å². The molecule has 2 aliphatic heterocycles. The predicted octanol–water partition coefficient (Wildman–Crippen LogP) is 5.06. The average Bonchev–Trinajstić information content (AvgIpc) is 2.82. The third kappa shape index (κ3) is 6.14. The Morgan fingerprint density at radius 2 is 1.62 bits per heavy atom. The molecular formula is C26H31Cl2N3O. The molecule has 0 bridgehead atoms. The van der Waals surface area contributed by atoms with Crippen LogP contribution in [0, 0.1) is 5.92 Å². The smallest absolute Gasteiger partial charge is 0.227 e. The highest BCUT2D eigenvalue weighted by Gasteiger charge is 2.31. The maximum absolute atomic E-state index is 13.2. The molecule has 2 saturated heterocycles. The molecule has 2 fully saturated rings. The molecule has 0 saturated carbocycles. The summed E-state index contributed by atoms with van der Waals surface area (Å²) in [6, 6.07) is 16.0. The molecule has 6 heteroatoms. The van der Waals surface area contributed by atoms with Crippen molar-refractivity contribution in [1.82, 2.24) is 14.7 Å². The number of piperazine rings is 1. The van der Waals surface area contributed by atoms with Crippen molar-refractivity contribution >= 4 is 35.2 Å². The molecule has 0 aromatic heterocycles. The summed E-state index contributed by atoms with van der Waals surface area (Å²) in [6.45, 7) is 6.85. The monoisotopic (exact) mass is 471 g/mol. The zero-order chi connectivity index (χ0) is 22.3. The Morgan fingerprint density at radius 1 is 0.906 bits per heavy atom. The van der Waals surface area contributed by atoms with Gasteiger partial charge in [0.15, 0.2) is 0 Å². The van der Waals surface area contributed by atoms with E-state index < -0.39 is 0 Å². The summed E-state index contributed by atoms with van der Waals surface area (Å²) < 4.78 is 0. The van der Waals surface area contributed by atoms with Crippen LogP contribution in [0.1, 0.15) is 24.0 Å². The standard InChI is InChI=1S/C26H31Cl2N3O/c27-24-11-4-12-25(28)23(24)20-30-14-6-10-22(19-30)26(32)31-17-15-29(16-18-31)13-5-9-21-7-2-1-3-8-21/h1-5,7-9,11-12,22H,6,10,13-20H2/b9-5+. The third-order valence-corrected chi connectivity index (χ3v) is 7.16. The van der Waals surface area contributed by atoms with E-state index in [2.05, 4.69) is 51.1 Å². The fourth-order valence-corrected chi connectivity index (χ4v) is 5.14. The van der Waals surface area contributed by atoms with Gasteiger partial charge in [-0.2, -0.15) is 0 Å². The minimum atomic E-state index is 0.0644. The van der Waals surface area contributed by atoms with E-state index in [4.69, 9.17) is 23.2 Å². The van der Waals surface area contributed by atoms with Crippen molar-refractivity contribution in [3.63, 3.8) is 0 Å². The number of likely N-dealkylation sites (tertiary alicyclic amines) is 1. The molecule has 4 rings (SSSR count). The second kappa shape index (κ2) is 11.3. The lowest BCUT2D eigenvalue weighted by molar-refractivity contribution is -0.139. The minimum Gasteiger partial charge on any atom is -0.340 e. The van der Waals surface area contributed by atoms with Gasteiger partial charge in [-0.1, -0.05) is 71.8 Å². The van der Waals surface area contributed by atoms with Crippen LogP contribution in [0.5, 0.6) is 0 Å². The molecular weight excluding hydrogens is 441 g/mol. The van der Waals surface area contributed by atoms with E-state index in [0.29, 0.717) is 22.5 Å². The Labute approximate surface area is 201 Å². The van der Waals surface area contributed by atoms with Gasteiger partial charge in [-0.25, -0.2) is 0 Å². The lowest BCUT2D eigenvalue weighted by atomic mass is 9.95. The van der Waals surface area contributed by atoms with Crippen molar-refractivity contribution < 1.29 is 4.79 Å². The Kier molecular flexibility index (Phi) is 8.26. The molecule has 0 radical (unpaired) electrons. The van der Waals surface area contributed by atoms with E-state index in [9.17, 15) is 4.79 Å². The number of hydrogen-bond donors (Lipinski definition) is 0. The van der Waals surface area contributed by atoms with Gasteiger partial charge in [-0.3, -0.25) is 14.6 Å². The molecule has 1 atom stereocenters. The van der Waals surface area contributed by atoms with Gasteiger partial charge in [0.25, 0.3) is 0 Å². The first kappa shape index (κ1) is 23.3. The van der Waals surface area contributed by atoms with Crippen LogP contribution < -0.4 is 0 Å². The van der Waals surface area contributed by atoms with E-state index in [1.807, 2.05) is 24.3 Å². The van der Waals surface area contributed by atoms with Crippen molar-refractivity contribution in [3.8, 4) is 0 Å². The zero-order valence-corrected chi connectivity index (χ0v) is 19.9. The van der Waals surface area contributed by atoms with E-state index in [0.717, 1.165) is 64.2 Å². The number of amides is 1. The van der Waals surface area contributed by atoms with Crippen LogP contribution in [0.4, 0.5) is 0 Å². The molecule has 2 heterocycles. The van der Waals surface area contributed by atoms with Crippen molar-refractivity contribution in [3.05, 3.63) is 75.8 Å². The highest BCUT2D eigenvalue weighted by molar-refractivity contribution is 6.35. The lowest BCUT2D eigenvalue weighted by Crippen LogP contribution is -2.52. The summed E-state index contributed by atoms with van der Waals surface area (Å²) in [5, 5.41) is 1.40. The molecule has 0 N–H and O–H groups in total. The molecule has 1 amide bonds. The summed E-state index contributed by atoms with van der Waals surface area (Å²) >= 11 is 12.7. The number of nitrogens with zero attached hydrogens (tertiary/aromatic N) is 3. The molecule has 0 spiro atoms. The molecule has 1 unspecified atom stereocenters. The van der Waals surface area contributed by atoms with Crippen LogP contribution in [-0.4, -0.2) is 66.4 Å². The number of rotatable bonds is 6. The van der Waals surface area contributed by atoms with Gasteiger partial charge in [0.1, 0.15) is 0 Å². The first-order chi connectivity index (χ1) is 15.6. The topological polar surface area (TPSA) is 26.8 Å². The van der Waals surface area contributed by atoms with Gasteiger partial charge in [-0.05, 0) is 37.1 Å². The number of carbonyl (C=O) groups is 1. The van der Waals surface area contributed by atoms with Gasteiger partial charge >= 0.3 is 0 Å². The van der Waals surface area contributed by atoms with E-state index in [-0.39, 0.29) is 5.92 Å². The van der Waals surface area contributed by atoms with Crippen LogP contribution in [0.25, 0.3) is 6.08 Å². The molecule has 4 nitrogen and oxygen atoms in total. The van der Waals surface area contributed by atoms with Gasteiger partial charge in [0.05, 0.1) is 5.92 Å².